The number of Topliss-reactive ketones (excluding diaryl/α,β-unsaturated/α-hetero) is 1. The van der Waals surface area contributed by atoms with Gasteiger partial charge in [0.1, 0.15) is 11.3 Å². The number of allylic oxidation sites excluding steroid dienone is 1. The van der Waals surface area contributed by atoms with Gasteiger partial charge in [-0.3, -0.25) is 4.79 Å². The van der Waals surface area contributed by atoms with Crippen molar-refractivity contribution in [2.45, 2.75) is 0 Å². The molecular weight excluding hydrogens is 350 g/mol. The lowest BCUT2D eigenvalue weighted by molar-refractivity contribution is 0.104. The van der Waals surface area contributed by atoms with E-state index >= 15 is 0 Å². The molecule has 0 spiro atoms. The van der Waals surface area contributed by atoms with Gasteiger partial charge >= 0.3 is 0 Å². The van der Waals surface area contributed by atoms with Gasteiger partial charge in [0.25, 0.3) is 0 Å². The highest BCUT2D eigenvalue weighted by Crippen LogP contribution is 2.30. The molecule has 2 aromatic rings. The van der Waals surface area contributed by atoms with Crippen molar-refractivity contribution in [3.63, 3.8) is 0 Å². The van der Waals surface area contributed by atoms with Crippen LogP contribution in [-0.2, 0) is 7.05 Å². The van der Waals surface area contributed by atoms with Crippen molar-refractivity contribution >= 4 is 56.1 Å². The van der Waals surface area contributed by atoms with E-state index in [1.54, 1.807) is 16.2 Å². The molecule has 2 rings (SSSR count). The molecule has 98 valence electrons. The lowest BCUT2D eigenvalue weighted by atomic mass is 10.2. The van der Waals surface area contributed by atoms with Crippen LogP contribution in [0, 0.1) is 0 Å². The second-order valence-electron chi connectivity index (χ2n) is 3.66. The van der Waals surface area contributed by atoms with Crippen molar-refractivity contribution in [1.29, 1.82) is 0 Å². The van der Waals surface area contributed by atoms with Crippen LogP contribution in [0.25, 0.3) is 11.0 Å². The number of ketones is 1. The normalized spacial score (nSPS) is 10.7. The number of aromatic nitrogens is 3. The number of nitrogens with zero attached hydrogens (tertiary/aromatic N) is 3. The summed E-state index contributed by atoms with van der Waals surface area (Å²) in [6.45, 7) is 7.27. The Morgan fingerprint density at radius 2 is 2.26 bits per heavy atom. The van der Waals surface area contributed by atoms with Crippen molar-refractivity contribution in [2.75, 3.05) is 0 Å². The molecule has 0 fully saturated rings. The Balaban J connectivity index is 2.69. The molecule has 19 heavy (non-hydrogen) atoms. The van der Waals surface area contributed by atoms with Gasteiger partial charge in [-0.15, -0.1) is 0 Å². The van der Waals surface area contributed by atoms with E-state index in [4.69, 9.17) is 11.6 Å². The zero-order valence-electron chi connectivity index (χ0n) is 9.98. The van der Waals surface area contributed by atoms with Gasteiger partial charge in [0, 0.05) is 17.7 Å². The molecule has 0 bridgehead atoms. The first-order valence-corrected chi connectivity index (χ1v) is 7.20. The van der Waals surface area contributed by atoms with Crippen LogP contribution in [0.2, 0.25) is 5.28 Å². The highest BCUT2D eigenvalue weighted by molar-refractivity contribution is 9.10. The van der Waals surface area contributed by atoms with Crippen molar-refractivity contribution < 1.29 is 4.79 Å². The summed E-state index contributed by atoms with van der Waals surface area (Å²) in [5.41, 5.74) is 0.827. The first-order chi connectivity index (χ1) is 8.95. The molecule has 0 amide bonds. The summed E-state index contributed by atoms with van der Waals surface area (Å²) < 4.78 is 2.51. The third kappa shape index (κ3) is 2.61. The van der Waals surface area contributed by atoms with Gasteiger partial charge in [-0.05, 0) is 32.9 Å². The first kappa shape index (κ1) is 14.3. The van der Waals surface area contributed by atoms with Crippen LogP contribution in [-0.4, -0.2) is 20.3 Å². The SMILES string of the molecule is C=CSC(=C)C(=O)c1nc(Cl)nc2c1c(Br)cn2C. The van der Waals surface area contributed by atoms with E-state index in [9.17, 15) is 4.79 Å². The molecule has 0 N–H and O–H groups in total. The predicted octanol–water partition coefficient (Wildman–Crippen LogP) is 3.96. The monoisotopic (exact) mass is 357 g/mol. The van der Waals surface area contributed by atoms with Crippen LogP contribution in [0.5, 0.6) is 0 Å². The molecule has 0 saturated heterocycles. The summed E-state index contributed by atoms with van der Waals surface area (Å²) in [6, 6.07) is 0. The number of fused-ring (bicyclic) bond motifs is 1. The van der Waals surface area contributed by atoms with Gasteiger partial charge in [-0.25, -0.2) is 4.98 Å². The van der Waals surface area contributed by atoms with Crippen molar-refractivity contribution in [2.24, 2.45) is 7.05 Å². The predicted molar refractivity (Wildman–Crippen MR) is 82.5 cm³/mol. The molecule has 0 aliphatic rings. The summed E-state index contributed by atoms with van der Waals surface area (Å²) in [5.74, 6) is -0.286. The largest absolute Gasteiger partial charge is 0.334 e. The highest BCUT2D eigenvalue weighted by atomic mass is 79.9. The third-order valence-corrected chi connectivity index (χ3v) is 3.84. The number of aryl methyl sites for hydroxylation is 1. The fourth-order valence-corrected chi connectivity index (χ4v) is 2.89. The molecule has 7 heteroatoms. The van der Waals surface area contributed by atoms with E-state index in [-0.39, 0.29) is 16.8 Å². The maximum Gasteiger partial charge on any atom is 0.225 e. The zero-order chi connectivity index (χ0) is 14.2. The minimum Gasteiger partial charge on any atom is -0.334 e. The van der Waals surface area contributed by atoms with E-state index in [0.717, 1.165) is 16.2 Å². The van der Waals surface area contributed by atoms with Gasteiger partial charge in [0.2, 0.25) is 11.1 Å². The summed E-state index contributed by atoms with van der Waals surface area (Å²) in [6.07, 6.45) is 1.80. The van der Waals surface area contributed by atoms with Crippen molar-refractivity contribution in [1.82, 2.24) is 14.5 Å². The standard InChI is InChI=1S/C12H9BrClN3OS/c1-4-19-6(2)10(18)9-8-7(13)5-17(3)11(8)16-12(14)15-9/h4-5H,1-2H2,3H3. The maximum absolute atomic E-state index is 12.3. The van der Waals surface area contributed by atoms with Gasteiger partial charge in [0.15, 0.2) is 0 Å². The number of hydrogen-bond donors (Lipinski definition) is 0. The molecule has 0 aliphatic carbocycles. The van der Waals surface area contributed by atoms with E-state index < -0.39 is 0 Å². The van der Waals surface area contributed by atoms with E-state index in [1.165, 1.54) is 0 Å². The summed E-state index contributed by atoms with van der Waals surface area (Å²) in [4.78, 5) is 20.8. The van der Waals surface area contributed by atoms with Gasteiger partial charge in [-0.1, -0.05) is 24.9 Å². The topological polar surface area (TPSA) is 47.8 Å². The van der Waals surface area contributed by atoms with Gasteiger partial charge in [0.05, 0.1) is 10.3 Å². The van der Waals surface area contributed by atoms with Crippen LogP contribution in [0.4, 0.5) is 0 Å². The third-order valence-electron chi connectivity index (χ3n) is 2.44. The molecule has 0 aliphatic heterocycles. The first-order valence-electron chi connectivity index (χ1n) is 5.15. The number of carbonyl (C=O) groups excluding carboxylic acids is 1. The molecule has 0 radical (unpaired) electrons. The summed E-state index contributed by atoms with van der Waals surface area (Å²) in [7, 11) is 1.82. The Bertz CT molecular complexity index is 711. The number of carbonyl (C=O) groups is 1. The van der Waals surface area contributed by atoms with Crippen LogP contribution < -0.4 is 0 Å². The van der Waals surface area contributed by atoms with E-state index in [1.807, 2.05) is 7.05 Å². The van der Waals surface area contributed by atoms with Gasteiger partial charge < -0.3 is 4.57 Å². The Hall–Kier alpha value is -1.11. The average molecular weight is 359 g/mol. The van der Waals surface area contributed by atoms with Crippen molar-refractivity contribution in [3.8, 4) is 0 Å². The number of thioether (sulfide) groups is 1. The minimum atomic E-state index is -0.286. The molecule has 0 unspecified atom stereocenters. The Labute approximate surface area is 127 Å². The highest BCUT2D eigenvalue weighted by Gasteiger charge is 2.21. The minimum absolute atomic E-state index is 0.0287. The summed E-state index contributed by atoms with van der Waals surface area (Å²) >= 11 is 10.4. The molecule has 4 nitrogen and oxygen atoms in total. The van der Waals surface area contributed by atoms with E-state index in [2.05, 4.69) is 39.1 Å². The lowest BCUT2D eigenvalue weighted by Crippen LogP contribution is -2.05. The second-order valence-corrected chi connectivity index (χ2v) is 5.92. The number of hydrogen-bond acceptors (Lipinski definition) is 4. The van der Waals surface area contributed by atoms with E-state index in [0.29, 0.717) is 15.9 Å². The quantitative estimate of drug-likeness (QED) is 0.471. The fraction of sp³-hybridized carbons (Fsp3) is 0.0833. The number of rotatable bonds is 4. The van der Waals surface area contributed by atoms with Crippen LogP contribution in [0.1, 0.15) is 10.5 Å². The smallest absolute Gasteiger partial charge is 0.225 e. The van der Waals surface area contributed by atoms with Crippen LogP contribution in [0.15, 0.2) is 34.1 Å². The van der Waals surface area contributed by atoms with Crippen LogP contribution >= 0.6 is 39.3 Å². The molecule has 0 atom stereocenters. The molecule has 2 heterocycles. The fourth-order valence-electron chi connectivity index (χ4n) is 1.64. The Morgan fingerprint density at radius 1 is 1.58 bits per heavy atom. The maximum atomic E-state index is 12.3. The van der Waals surface area contributed by atoms with Gasteiger partial charge in [-0.2, -0.15) is 4.98 Å². The molecule has 0 saturated carbocycles. The number of halogens is 2. The van der Waals surface area contributed by atoms with Crippen molar-refractivity contribution in [3.05, 3.63) is 45.1 Å². The average Bonchev–Trinajstić information content (AvgIpc) is 2.63. The Morgan fingerprint density at radius 3 is 2.89 bits per heavy atom. The molecule has 2 aromatic heterocycles. The Kier molecular flexibility index (Phi) is 4.13. The molecule has 0 aromatic carbocycles. The summed E-state index contributed by atoms with van der Waals surface area (Å²) in [5, 5.41) is 2.20. The second kappa shape index (κ2) is 5.48. The lowest BCUT2D eigenvalue weighted by Gasteiger charge is -2.04. The van der Waals surface area contributed by atoms with Crippen LogP contribution in [0.3, 0.4) is 0 Å². The molecular formula is C12H9BrClN3OS. The zero-order valence-corrected chi connectivity index (χ0v) is 13.1.